The average Bonchev–Trinajstić information content (AvgIpc) is 2.20. The lowest BCUT2D eigenvalue weighted by molar-refractivity contribution is -0.155. The lowest BCUT2D eigenvalue weighted by Crippen LogP contribution is -2.45. The zero-order valence-corrected chi connectivity index (χ0v) is 15.8. The minimum Gasteiger partial charge on any atom is -0.463 e. The molecular formula is C13H30O4Si2. The Kier molecular flexibility index (Phi) is 6.95. The Morgan fingerprint density at radius 3 is 2.00 bits per heavy atom. The van der Waals surface area contributed by atoms with E-state index in [4.69, 9.17) is 13.3 Å². The van der Waals surface area contributed by atoms with Crippen LogP contribution in [0.1, 0.15) is 27.2 Å². The Morgan fingerprint density at radius 1 is 1.05 bits per heavy atom. The molecule has 0 aromatic heterocycles. The van der Waals surface area contributed by atoms with Crippen LogP contribution in [0, 0.1) is 5.41 Å². The predicted molar refractivity (Wildman–Crippen MR) is 82.9 cm³/mol. The molecule has 0 amide bonds. The van der Waals surface area contributed by atoms with Crippen LogP contribution < -0.4 is 0 Å². The second-order valence-corrected chi connectivity index (χ2v) is 15.0. The summed E-state index contributed by atoms with van der Waals surface area (Å²) >= 11 is 0. The van der Waals surface area contributed by atoms with Crippen molar-refractivity contribution in [3.8, 4) is 0 Å². The summed E-state index contributed by atoms with van der Waals surface area (Å²) < 4.78 is 17.0. The van der Waals surface area contributed by atoms with E-state index in [1.807, 2.05) is 33.9 Å². The standard InChI is InChI=1S/C13H30O4Si2/c1-9-13(2,3)12(14)15-10-11-16-19(7,8)17-18(4,5)6/h9-11H2,1-8H3. The van der Waals surface area contributed by atoms with E-state index in [-0.39, 0.29) is 5.97 Å². The van der Waals surface area contributed by atoms with E-state index in [0.29, 0.717) is 13.2 Å². The van der Waals surface area contributed by atoms with Crippen molar-refractivity contribution in [1.29, 1.82) is 0 Å². The summed E-state index contributed by atoms with van der Waals surface area (Å²) in [6.07, 6.45) is 0.770. The minimum atomic E-state index is -2.09. The molecule has 0 radical (unpaired) electrons. The molecule has 0 fully saturated rings. The molecule has 0 aromatic rings. The maximum Gasteiger partial charge on any atom is 0.321 e. The molecule has 0 saturated heterocycles. The normalized spacial score (nSPS) is 13.5. The SMILES string of the molecule is CCC(C)(C)C(=O)OCCO[Si](C)(C)O[Si](C)(C)C. The molecular weight excluding hydrogens is 276 g/mol. The van der Waals surface area contributed by atoms with Crippen LogP contribution in [0.3, 0.4) is 0 Å². The van der Waals surface area contributed by atoms with Gasteiger partial charge >= 0.3 is 14.5 Å². The summed E-state index contributed by atoms with van der Waals surface area (Å²) in [5, 5.41) is 0. The van der Waals surface area contributed by atoms with Gasteiger partial charge in [-0.3, -0.25) is 4.79 Å². The van der Waals surface area contributed by atoms with Gasteiger partial charge in [-0.05, 0) is 53.0 Å². The summed E-state index contributed by atoms with van der Waals surface area (Å²) in [5.41, 5.74) is -0.415. The first-order valence-electron chi connectivity index (χ1n) is 6.91. The van der Waals surface area contributed by atoms with Crippen LogP contribution in [0.2, 0.25) is 32.7 Å². The van der Waals surface area contributed by atoms with Crippen molar-refractivity contribution in [2.45, 2.75) is 59.9 Å². The average molecular weight is 307 g/mol. The summed E-state index contributed by atoms with van der Waals surface area (Å²) in [6.45, 7) is 17.0. The van der Waals surface area contributed by atoms with E-state index in [1.165, 1.54) is 0 Å². The first-order valence-corrected chi connectivity index (χ1v) is 13.1. The molecule has 0 bridgehead atoms. The van der Waals surface area contributed by atoms with Gasteiger partial charge in [-0.1, -0.05) is 6.92 Å². The molecule has 0 rings (SSSR count). The first kappa shape index (κ1) is 18.8. The van der Waals surface area contributed by atoms with Gasteiger partial charge in [0.1, 0.15) is 6.61 Å². The molecule has 0 aliphatic heterocycles. The van der Waals surface area contributed by atoms with E-state index in [9.17, 15) is 4.79 Å². The van der Waals surface area contributed by atoms with Crippen LogP contribution >= 0.6 is 0 Å². The Hall–Kier alpha value is -0.176. The van der Waals surface area contributed by atoms with Gasteiger partial charge in [-0.2, -0.15) is 0 Å². The molecule has 114 valence electrons. The first-order chi connectivity index (χ1) is 8.40. The number of esters is 1. The fourth-order valence-corrected chi connectivity index (χ4v) is 8.24. The van der Waals surface area contributed by atoms with E-state index >= 15 is 0 Å². The fraction of sp³-hybridized carbons (Fsp3) is 0.923. The van der Waals surface area contributed by atoms with Gasteiger partial charge in [0.25, 0.3) is 0 Å². The number of hydrogen-bond donors (Lipinski definition) is 0. The Morgan fingerprint density at radius 2 is 1.58 bits per heavy atom. The summed E-state index contributed by atoms with van der Waals surface area (Å²) in [5.74, 6) is -0.163. The van der Waals surface area contributed by atoms with Crippen LogP contribution in [0.15, 0.2) is 0 Å². The van der Waals surface area contributed by atoms with E-state index in [0.717, 1.165) is 6.42 Å². The van der Waals surface area contributed by atoms with Crippen molar-refractivity contribution in [3.05, 3.63) is 0 Å². The quantitative estimate of drug-likeness (QED) is 0.391. The third-order valence-electron chi connectivity index (χ3n) is 2.75. The van der Waals surface area contributed by atoms with Crippen molar-refractivity contribution in [1.82, 2.24) is 0 Å². The molecule has 0 aliphatic carbocycles. The Bertz CT molecular complexity index is 296. The maximum absolute atomic E-state index is 11.8. The summed E-state index contributed by atoms with van der Waals surface area (Å²) in [7, 11) is -3.68. The molecule has 0 aromatic carbocycles. The molecule has 4 nitrogen and oxygen atoms in total. The van der Waals surface area contributed by atoms with Crippen LogP contribution in [0.25, 0.3) is 0 Å². The maximum atomic E-state index is 11.8. The molecule has 0 atom stereocenters. The second kappa shape index (κ2) is 7.01. The smallest absolute Gasteiger partial charge is 0.321 e. The Labute approximate surface area is 120 Å². The predicted octanol–water partition coefficient (Wildman–Crippen LogP) is 3.54. The lowest BCUT2D eigenvalue weighted by Gasteiger charge is -2.30. The van der Waals surface area contributed by atoms with E-state index in [2.05, 4.69) is 19.6 Å². The molecule has 0 N–H and O–H groups in total. The van der Waals surface area contributed by atoms with Crippen LogP contribution in [0.5, 0.6) is 0 Å². The summed E-state index contributed by atoms with van der Waals surface area (Å²) in [4.78, 5) is 11.8. The van der Waals surface area contributed by atoms with Crippen LogP contribution in [-0.4, -0.2) is 36.1 Å². The van der Waals surface area contributed by atoms with E-state index in [1.54, 1.807) is 0 Å². The van der Waals surface area contributed by atoms with Gasteiger partial charge in [-0.15, -0.1) is 0 Å². The molecule has 6 heteroatoms. The zero-order valence-electron chi connectivity index (χ0n) is 13.8. The highest BCUT2D eigenvalue weighted by Crippen LogP contribution is 2.21. The van der Waals surface area contributed by atoms with Crippen LogP contribution in [-0.2, 0) is 18.1 Å². The van der Waals surface area contributed by atoms with Gasteiger partial charge in [-0.25, -0.2) is 0 Å². The third kappa shape index (κ3) is 8.57. The number of ether oxygens (including phenoxy) is 1. The largest absolute Gasteiger partial charge is 0.463 e. The minimum absolute atomic E-state index is 0.163. The number of carbonyl (C=O) groups excluding carboxylic acids is 1. The molecule has 0 unspecified atom stereocenters. The fourth-order valence-electron chi connectivity index (χ4n) is 1.53. The molecule has 19 heavy (non-hydrogen) atoms. The van der Waals surface area contributed by atoms with Crippen molar-refractivity contribution in [2.24, 2.45) is 5.41 Å². The Balaban J connectivity index is 4.02. The van der Waals surface area contributed by atoms with Crippen molar-refractivity contribution >= 4 is 22.8 Å². The van der Waals surface area contributed by atoms with E-state index < -0.39 is 22.3 Å². The number of hydrogen-bond acceptors (Lipinski definition) is 4. The highest BCUT2D eigenvalue weighted by Gasteiger charge is 2.32. The van der Waals surface area contributed by atoms with Crippen molar-refractivity contribution in [3.63, 3.8) is 0 Å². The van der Waals surface area contributed by atoms with Gasteiger partial charge in [0.2, 0.25) is 0 Å². The van der Waals surface area contributed by atoms with Crippen molar-refractivity contribution in [2.75, 3.05) is 13.2 Å². The van der Waals surface area contributed by atoms with Gasteiger partial charge in [0.15, 0.2) is 8.32 Å². The molecule has 0 spiro atoms. The zero-order chi connectivity index (χ0) is 15.3. The molecule has 0 aliphatic rings. The monoisotopic (exact) mass is 306 g/mol. The van der Waals surface area contributed by atoms with Crippen molar-refractivity contribution < 1.29 is 18.1 Å². The highest BCUT2D eigenvalue weighted by molar-refractivity contribution is 6.81. The lowest BCUT2D eigenvalue weighted by atomic mass is 9.91. The summed E-state index contributed by atoms with van der Waals surface area (Å²) in [6, 6.07) is 0. The molecule has 0 saturated carbocycles. The molecule has 0 heterocycles. The van der Waals surface area contributed by atoms with Gasteiger partial charge < -0.3 is 13.3 Å². The number of carbonyl (C=O) groups is 1. The third-order valence-corrected chi connectivity index (χ3v) is 8.07. The van der Waals surface area contributed by atoms with Gasteiger partial charge in [0.05, 0.1) is 12.0 Å². The highest BCUT2D eigenvalue weighted by atomic mass is 28.4. The second-order valence-electron chi connectivity index (χ2n) is 6.84. The van der Waals surface area contributed by atoms with Gasteiger partial charge in [0, 0.05) is 0 Å². The number of rotatable bonds is 8. The topological polar surface area (TPSA) is 44.8 Å². The van der Waals surface area contributed by atoms with Crippen LogP contribution in [0.4, 0.5) is 0 Å².